The molecule has 0 unspecified atom stereocenters. The van der Waals surface area contributed by atoms with Crippen LogP contribution in [-0.2, 0) is 4.79 Å². The van der Waals surface area contributed by atoms with Gasteiger partial charge in [-0.05, 0) is 25.1 Å². The van der Waals surface area contributed by atoms with E-state index in [4.69, 9.17) is 0 Å². The highest BCUT2D eigenvalue weighted by molar-refractivity contribution is 5.93. The molecule has 15 heavy (non-hydrogen) atoms. The molecule has 3 N–H and O–H groups in total. The van der Waals surface area contributed by atoms with Crippen molar-refractivity contribution >= 4 is 11.7 Å². The normalized spacial score (nSPS) is 20.1. The summed E-state index contributed by atoms with van der Waals surface area (Å²) in [4.78, 5) is 15.6. The molecule has 1 atom stereocenters. The van der Waals surface area contributed by atoms with Gasteiger partial charge in [0.1, 0.15) is 0 Å². The molecule has 1 aliphatic heterocycles. The average Bonchev–Trinajstić information content (AvgIpc) is 2.74. The number of anilines is 1. The van der Waals surface area contributed by atoms with Gasteiger partial charge in [0, 0.05) is 12.7 Å². The minimum absolute atomic E-state index is 0.00296. The van der Waals surface area contributed by atoms with E-state index in [0.717, 1.165) is 13.0 Å². The van der Waals surface area contributed by atoms with E-state index in [2.05, 4.69) is 15.6 Å². The summed E-state index contributed by atoms with van der Waals surface area (Å²) in [5.74, 6) is 0.117. The second kappa shape index (κ2) is 4.27. The first-order chi connectivity index (χ1) is 7.27. The van der Waals surface area contributed by atoms with Crippen LogP contribution in [0.5, 0.6) is 5.75 Å². The molecule has 0 saturated carbocycles. The lowest BCUT2D eigenvalue weighted by atomic mass is 10.1. The number of carbonyl (C=O) groups excluding carboxylic acids is 1. The topological polar surface area (TPSA) is 74.2 Å². The van der Waals surface area contributed by atoms with Crippen LogP contribution in [-0.4, -0.2) is 29.1 Å². The van der Waals surface area contributed by atoms with E-state index >= 15 is 0 Å². The lowest BCUT2D eigenvalue weighted by Crippen LogP contribution is -2.25. The summed E-state index contributed by atoms with van der Waals surface area (Å²) in [6.45, 7) is 1.56. The van der Waals surface area contributed by atoms with Gasteiger partial charge >= 0.3 is 0 Å². The number of hydrogen-bond acceptors (Lipinski definition) is 4. The first-order valence-corrected chi connectivity index (χ1v) is 4.93. The highest BCUT2D eigenvalue weighted by Crippen LogP contribution is 2.19. The standard InChI is InChI=1S/C10H13N3O2/c14-8-2-1-4-12-9(8)13-10(15)7-3-5-11-6-7/h1-2,4,7,11,14H,3,5-6H2,(H,12,13,15)/t7-/m0/s1. The summed E-state index contributed by atoms with van der Waals surface area (Å²) in [6, 6.07) is 3.11. The molecule has 1 saturated heterocycles. The summed E-state index contributed by atoms with van der Waals surface area (Å²) < 4.78 is 0. The summed E-state index contributed by atoms with van der Waals surface area (Å²) in [5, 5.41) is 15.1. The molecule has 1 amide bonds. The van der Waals surface area contributed by atoms with Crippen molar-refractivity contribution in [3.63, 3.8) is 0 Å². The predicted molar refractivity (Wildman–Crippen MR) is 55.5 cm³/mol. The van der Waals surface area contributed by atoms with E-state index in [0.29, 0.717) is 6.54 Å². The van der Waals surface area contributed by atoms with Crippen molar-refractivity contribution in [1.29, 1.82) is 0 Å². The molecule has 2 heterocycles. The molecule has 5 heteroatoms. The third kappa shape index (κ3) is 2.24. The number of carbonyl (C=O) groups is 1. The van der Waals surface area contributed by atoms with Crippen LogP contribution in [0, 0.1) is 5.92 Å². The molecule has 1 aromatic heterocycles. The maximum absolute atomic E-state index is 11.7. The van der Waals surface area contributed by atoms with E-state index in [1.807, 2.05) is 0 Å². The highest BCUT2D eigenvalue weighted by atomic mass is 16.3. The molecule has 0 bridgehead atoms. The Labute approximate surface area is 87.5 Å². The first-order valence-electron chi connectivity index (χ1n) is 4.93. The Balaban J connectivity index is 2.02. The Morgan fingerprint density at radius 3 is 3.20 bits per heavy atom. The lowest BCUT2D eigenvalue weighted by molar-refractivity contribution is -0.119. The Morgan fingerprint density at radius 1 is 1.67 bits per heavy atom. The van der Waals surface area contributed by atoms with Crippen molar-refractivity contribution in [3.05, 3.63) is 18.3 Å². The van der Waals surface area contributed by atoms with E-state index in [1.165, 1.54) is 12.3 Å². The number of aromatic nitrogens is 1. The molecule has 1 fully saturated rings. The third-order valence-electron chi connectivity index (χ3n) is 2.46. The van der Waals surface area contributed by atoms with Crippen molar-refractivity contribution in [2.75, 3.05) is 18.4 Å². The number of hydrogen-bond donors (Lipinski definition) is 3. The first kappa shape index (κ1) is 9.92. The molecule has 2 rings (SSSR count). The Bertz CT molecular complexity index is 361. The van der Waals surface area contributed by atoms with Crippen LogP contribution in [0.2, 0.25) is 0 Å². The molecule has 0 aromatic carbocycles. The average molecular weight is 207 g/mol. The molecule has 0 spiro atoms. The summed E-state index contributed by atoms with van der Waals surface area (Å²) in [6.07, 6.45) is 2.36. The Morgan fingerprint density at radius 2 is 2.53 bits per heavy atom. The van der Waals surface area contributed by atoms with Crippen molar-refractivity contribution in [1.82, 2.24) is 10.3 Å². The van der Waals surface area contributed by atoms with Gasteiger partial charge < -0.3 is 15.7 Å². The van der Waals surface area contributed by atoms with Gasteiger partial charge in [0.25, 0.3) is 0 Å². The van der Waals surface area contributed by atoms with Crippen LogP contribution in [0.4, 0.5) is 5.82 Å². The van der Waals surface area contributed by atoms with Crippen molar-refractivity contribution in [3.8, 4) is 5.75 Å². The van der Waals surface area contributed by atoms with Crippen LogP contribution in [0.3, 0.4) is 0 Å². The number of pyridine rings is 1. The van der Waals surface area contributed by atoms with Gasteiger partial charge in [-0.2, -0.15) is 0 Å². The van der Waals surface area contributed by atoms with Gasteiger partial charge in [0.2, 0.25) is 5.91 Å². The van der Waals surface area contributed by atoms with Crippen LogP contribution in [0.1, 0.15) is 6.42 Å². The Hall–Kier alpha value is -1.62. The maximum atomic E-state index is 11.7. The summed E-state index contributed by atoms with van der Waals surface area (Å²) in [5.41, 5.74) is 0. The second-order valence-electron chi connectivity index (χ2n) is 3.55. The quantitative estimate of drug-likeness (QED) is 0.653. The zero-order valence-corrected chi connectivity index (χ0v) is 8.23. The lowest BCUT2D eigenvalue weighted by Gasteiger charge is -2.09. The van der Waals surface area contributed by atoms with Crippen LogP contribution in [0.25, 0.3) is 0 Å². The SMILES string of the molecule is O=C(Nc1ncccc1O)[C@H]1CCNC1. The van der Waals surface area contributed by atoms with Crippen LogP contribution < -0.4 is 10.6 Å². The molecule has 80 valence electrons. The van der Waals surface area contributed by atoms with Gasteiger partial charge in [-0.15, -0.1) is 0 Å². The fourth-order valence-electron chi connectivity index (χ4n) is 1.59. The van der Waals surface area contributed by atoms with Gasteiger partial charge in [-0.3, -0.25) is 4.79 Å². The van der Waals surface area contributed by atoms with E-state index in [-0.39, 0.29) is 23.4 Å². The number of nitrogens with zero attached hydrogens (tertiary/aromatic N) is 1. The second-order valence-corrected chi connectivity index (χ2v) is 3.55. The monoisotopic (exact) mass is 207 g/mol. The predicted octanol–water partition coefficient (Wildman–Crippen LogP) is 0.335. The molecule has 0 radical (unpaired) electrons. The number of nitrogens with one attached hydrogen (secondary N) is 2. The summed E-state index contributed by atoms with van der Waals surface area (Å²) >= 11 is 0. The maximum Gasteiger partial charge on any atom is 0.230 e. The Kier molecular flexibility index (Phi) is 2.82. The fraction of sp³-hybridized carbons (Fsp3) is 0.400. The fourth-order valence-corrected chi connectivity index (χ4v) is 1.59. The summed E-state index contributed by atoms with van der Waals surface area (Å²) in [7, 11) is 0. The largest absolute Gasteiger partial charge is 0.504 e. The van der Waals surface area contributed by atoms with Crippen LogP contribution in [0.15, 0.2) is 18.3 Å². The molecular weight excluding hydrogens is 194 g/mol. The van der Waals surface area contributed by atoms with Crippen molar-refractivity contribution in [2.45, 2.75) is 6.42 Å². The number of aromatic hydroxyl groups is 1. The smallest absolute Gasteiger partial charge is 0.230 e. The highest BCUT2D eigenvalue weighted by Gasteiger charge is 2.23. The van der Waals surface area contributed by atoms with Crippen molar-refractivity contribution < 1.29 is 9.90 Å². The van der Waals surface area contributed by atoms with Gasteiger partial charge in [-0.1, -0.05) is 0 Å². The molecular formula is C10H13N3O2. The van der Waals surface area contributed by atoms with Gasteiger partial charge in [-0.25, -0.2) is 4.98 Å². The molecule has 5 nitrogen and oxygen atoms in total. The molecule has 1 aromatic rings. The van der Waals surface area contributed by atoms with E-state index in [1.54, 1.807) is 6.07 Å². The van der Waals surface area contributed by atoms with Gasteiger partial charge in [0.05, 0.1) is 5.92 Å². The van der Waals surface area contributed by atoms with E-state index < -0.39 is 0 Å². The minimum Gasteiger partial charge on any atom is -0.504 e. The third-order valence-corrected chi connectivity index (χ3v) is 2.46. The van der Waals surface area contributed by atoms with E-state index in [9.17, 15) is 9.90 Å². The van der Waals surface area contributed by atoms with Crippen LogP contribution >= 0.6 is 0 Å². The molecule has 1 aliphatic rings. The number of amides is 1. The van der Waals surface area contributed by atoms with Crippen molar-refractivity contribution in [2.24, 2.45) is 5.92 Å². The minimum atomic E-state index is -0.0889. The molecule has 0 aliphatic carbocycles. The zero-order chi connectivity index (χ0) is 10.7. The van der Waals surface area contributed by atoms with Gasteiger partial charge in [0.15, 0.2) is 11.6 Å². The number of rotatable bonds is 2. The zero-order valence-electron chi connectivity index (χ0n) is 8.23.